The summed E-state index contributed by atoms with van der Waals surface area (Å²) in [6, 6.07) is 8.08. The molecular weight excluding hydrogens is 240 g/mol. The number of hydrogen-bond donors (Lipinski definition) is 1. The Kier molecular flexibility index (Phi) is 3.87. The van der Waals surface area contributed by atoms with Gasteiger partial charge in [0.1, 0.15) is 0 Å². The number of nitrogens with one attached hydrogen (secondary N) is 1. The molecule has 0 saturated carbocycles. The minimum atomic E-state index is -1.01. The van der Waals surface area contributed by atoms with Crippen molar-refractivity contribution in [3.05, 3.63) is 29.3 Å². The van der Waals surface area contributed by atoms with Crippen LogP contribution in [-0.2, 0) is 22.4 Å². The molecule has 1 aliphatic heterocycles. The summed E-state index contributed by atoms with van der Waals surface area (Å²) in [5.41, 5.74) is 2.05. The predicted molar refractivity (Wildman–Crippen MR) is 72.7 cm³/mol. The van der Waals surface area contributed by atoms with Crippen LogP contribution in [0.3, 0.4) is 0 Å². The van der Waals surface area contributed by atoms with Crippen LogP contribution < -0.4 is 5.32 Å². The van der Waals surface area contributed by atoms with Gasteiger partial charge in [-0.25, -0.2) is 0 Å². The highest BCUT2D eigenvalue weighted by molar-refractivity contribution is 5.99. The summed E-state index contributed by atoms with van der Waals surface area (Å²) < 4.78 is 5.02. The molecule has 4 heteroatoms. The summed E-state index contributed by atoms with van der Waals surface area (Å²) in [6.45, 7) is 4.48. The van der Waals surface area contributed by atoms with E-state index in [1.807, 2.05) is 18.2 Å². The lowest BCUT2D eigenvalue weighted by atomic mass is 9.86. The van der Waals surface area contributed by atoms with E-state index in [-0.39, 0.29) is 19.1 Å². The number of hydrogen-bond acceptors (Lipinski definition) is 3. The number of benzene rings is 1. The highest BCUT2D eigenvalue weighted by atomic mass is 16.5. The first kappa shape index (κ1) is 13.6. The van der Waals surface area contributed by atoms with Crippen LogP contribution in [0.5, 0.6) is 0 Å². The van der Waals surface area contributed by atoms with Gasteiger partial charge in [0.2, 0.25) is 5.91 Å². The molecule has 0 bridgehead atoms. The molecule has 1 aliphatic rings. The summed E-state index contributed by atoms with van der Waals surface area (Å²) in [6.07, 6.45) is 1.69. The zero-order chi connectivity index (χ0) is 13.9. The Morgan fingerprint density at radius 2 is 1.95 bits per heavy atom. The summed E-state index contributed by atoms with van der Waals surface area (Å²) >= 11 is 0. The van der Waals surface area contributed by atoms with Crippen LogP contribution in [0, 0.1) is 16.7 Å². The van der Waals surface area contributed by atoms with Gasteiger partial charge in [-0.15, -0.1) is 0 Å². The van der Waals surface area contributed by atoms with Gasteiger partial charge in [0.25, 0.3) is 0 Å². The fourth-order valence-corrected chi connectivity index (χ4v) is 2.19. The predicted octanol–water partition coefficient (Wildman–Crippen LogP) is 2.29. The van der Waals surface area contributed by atoms with Crippen molar-refractivity contribution in [1.29, 1.82) is 5.26 Å². The molecule has 0 spiro atoms. The minimum absolute atomic E-state index is 0.186. The molecule has 0 radical (unpaired) electrons. The number of aryl methyl sites for hydroxylation is 2. The van der Waals surface area contributed by atoms with E-state index in [1.54, 1.807) is 0 Å². The molecule has 4 nitrogen and oxygen atoms in total. The first-order chi connectivity index (χ1) is 9.16. The number of amides is 1. The monoisotopic (exact) mass is 258 g/mol. The molecule has 1 aromatic rings. The van der Waals surface area contributed by atoms with Crippen molar-refractivity contribution in [2.45, 2.75) is 26.7 Å². The molecule has 0 aliphatic carbocycles. The van der Waals surface area contributed by atoms with Gasteiger partial charge in [0.05, 0.1) is 19.3 Å². The van der Waals surface area contributed by atoms with Gasteiger partial charge in [0, 0.05) is 5.69 Å². The first-order valence-electron chi connectivity index (χ1n) is 6.58. The Morgan fingerprint density at radius 3 is 2.32 bits per heavy atom. The third-order valence-electron chi connectivity index (χ3n) is 3.58. The van der Waals surface area contributed by atoms with E-state index < -0.39 is 5.41 Å². The van der Waals surface area contributed by atoms with Gasteiger partial charge < -0.3 is 10.1 Å². The first-order valence-corrected chi connectivity index (χ1v) is 6.58. The largest absolute Gasteiger partial charge is 0.377 e. The molecule has 1 saturated heterocycles. The second-order valence-corrected chi connectivity index (χ2v) is 4.80. The fourth-order valence-electron chi connectivity index (χ4n) is 2.19. The highest BCUT2D eigenvalue weighted by Crippen LogP contribution is 2.30. The van der Waals surface area contributed by atoms with Crippen molar-refractivity contribution in [1.82, 2.24) is 0 Å². The van der Waals surface area contributed by atoms with Crippen LogP contribution in [0.15, 0.2) is 18.2 Å². The number of carbonyl (C=O) groups is 1. The van der Waals surface area contributed by atoms with Gasteiger partial charge in [-0.05, 0) is 24.0 Å². The molecule has 19 heavy (non-hydrogen) atoms. The van der Waals surface area contributed by atoms with E-state index in [1.165, 1.54) is 0 Å². The van der Waals surface area contributed by atoms with E-state index in [0.717, 1.165) is 29.7 Å². The Morgan fingerprint density at radius 1 is 1.37 bits per heavy atom. The molecule has 0 atom stereocenters. The molecule has 0 aromatic heterocycles. The minimum Gasteiger partial charge on any atom is -0.377 e. The zero-order valence-electron chi connectivity index (χ0n) is 11.3. The molecular formula is C15H18N2O2. The lowest BCUT2D eigenvalue weighted by Crippen LogP contribution is -2.50. The second-order valence-electron chi connectivity index (χ2n) is 4.80. The molecule has 100 valence electrons. The second kappa shape index (κ2) is 5.41. The maximum absolute atomic E-state index is 12.3. The normalized spacial score (nSPS) is 16.3. The molecule has 1 amide bonds. The van der Waals surface area contributed by atoms with Gasteiger partial charge in [0.15, 0.2) is 5.41 Å². The molecule has 1 aromatic carbocycles. The average molecular weight is 258 g/mol. The van der Waals surface area contributed by atoms with Crippen LogP contribution in [-0.4, -0.2) is 19.1 Å². The summed E-state index contributed by atoms with van der Waals surface area (Å²) in [7, 11) is 0. The number of ether oxygens (including phenoxy) is 1. The molecule has 1 N–H and O–H groups in total. The average Bonchev–Trinajstić information content (AvgIpc) is 2.38. The Bertz CT molecular complexity index is 505. The summed E-state index contributed by atoms with van der Waals surface area (Å²) in [5.74, 6) is -0.253. The van der Waals surface area contributed by atoms with E-state index in [0.29, 0.717) is 0 Å². The van der Waals surface area contributed by atoms with Crippen molar-refractivity contribution in [3.63, 3.8) is 0 Å². The van der Waals surface area contributed by atoms with Gasteiger partial charge >= 0.3 is 0 Å². The maximum Gasteiger partial charge on any atom is 0.249 e. The number of para-hydroxylation sites is 1. The molecule has 1 fully saturated rings. The topological polar surface area (TPSA) is 62.1 Å². The maximum atomic E-state index is 12.3. The number of carbonyl (C=O) groups excluding carboxylic acids is 1. The Balaban J connectivity index is 2.28. The van der Waals surface area contributed by atoms with Crippen LogP contribution in [0.1, 0.15) is 25.0 Å². The van der Waals surface area contributed by atoms with Crippen LogP contribution in [0.25, 0.3) is 0 Å². The van der Waals surface area contributed by atoms with E-state index in [2.05, 4.69) is 25.2 Å². The van der Waals surface area contributed by atoms with Crippen LogP contribution in [0.2, 0.25) is 0 Å². The molecule has 2 rings (SSSR count). The lowest BCUT2D eigenvalue weighted by molar-refractivity contribution is -0.144. The van der Waals surface area contributed by atoms with E-state index in [4.69, 9.17) is 10.00 Å². The lowest BCUT2D eigenvalue weighted by Gasteiger charge is -2.33. The van der Waals surface area contributed by atoms with Gasteiger partial charge in [-0.2, -0.15) is 5.26 Å². The summed E-state index contributed by atoms with van der Waals surface area (Å²) in [5, 5.41) is 12.1. The van der Waals surface area contributed by atoms with Crippen LogP contribution in [0.4, 0.5) is 5.69 Å². The van der Waals surface area contributed by atoms with Crippen molar-refractivity contribution in [2.75, 3.05) is 18.5 Å². The number of nitrogens with zero attached hydrogens (tertiary/aromatic N) is 1. The zero-order valence-corrected chi connectivity index (χ0v) is 11.3. The third kappa shape index (κ3) is 2.34. The quantitative estimate of drug-likeness (QED) is 0.901. The van der Waals surface area contributed by atoms with Crippen molar-refractivity contribution < 1.29 is 9.53 Å². The van der Waals surface area contributed by atoms with E-state index >= 15 is 0 Å². The molecule has 1 heterocycles. The number of anilines is 1. The van der Waals surface area contributed by atoms with Gasteiger partial charge in [-0.3, -0.25) is 4.79 Å². The van der Waals surface area contributed by atoms with Gasteiger partial charge in [-0.1, -0.05) is 32.0 Å². The van der Waals surface area contributed by atoms with E-state index in [9.17, 15) is 4.79 Å². The Labute approximate surface area is 113 Å². The van der Waals surface area contributed by atoms with Crippen molar-refractivity contribution in [2.24, 2.45) is 5.41 Å². The Hall–Kier alpha value is -1.86. The number of nitriles is 1. The van der Waals surface area contributed by atoms with Crippen molar-refractivity contribution in [3.8, 4) is 6.07 Å². The standard InChI is InChI=1S/C15H18N2O2/c1-3-11-6-5-7-12(4-2)13(11)17-14(18)15(8-16)9-19-10-15/h5-7H,3-4,9-10H2,1-2H3,(H,17,18). The highest BCUT2D eigenvalue weighted by Gasteiger charge is 2.46. The number of rotatable bonds is 4. The van der Waals surface area contributed by atoms with Crippen molar-refractivity contribution >= 4 is 11.6 Å². The fraction of sp³-hybridized carbons (Fsp3) is 0.467. The SMILES string of the molecule is CCc1cccc(CC)c1NC(=O)C1(C#N)COC1. The smallest absolute Gasteiger partial charge is 0.249 e. The summed E-state index contributed by atoms with van der Waals surface area (Å²) in [4.78, 5) is 12.3. The third-order valence-corrected chi connectivity index (χ3v) is 3.58. The van der Waals surface area contributed by atoms with Crippen LogP contribution >= 0.6 is 0 Å². The molecule has 0 unspecified atom stereocenters.